The fourth-order valence-corrected chi connectivity index (χ4v) is 3.90. The van der Waals surface area contributed by atoms with Crippen molar-refractivity contribution in [2.24, 2.45) is 5.14 Å². The number of ether oxygens (including phenoxy) is 2. The third kappa shape index (κ3) is 4.52. The highest BCUT2D eigenvalue weighted by molar-refractivity contribution is 7.89. The zero-order valence-corrected chi connectivity index (χ0v) is 18.1. The van der Waals surface area contributed by atoms with Crippen LogP contribution in [0.25, 0.3) is 5.82 Å². The summed E-state index contributed by atoms with van der Waals surface area (Å²) in [5.41, 5.74) is 1.66. The number of hydrogen-bond donors (Lipinski definition) is 1. The predicted octanol–water partition coefficient (Wildman–Crippen LogP) is 2.09. The SMILES string of the molecule is COc1ccc(C(=O)OCC(=O)c2cc(C)n(-c3cc(C)on3)c2C)cc1S(N)(=O)=O. The number of benzene rings is 1. The average Bonchev–Trinajstić information content (AvgIpc) is 3.26. The summed E-state index contributed by atoms with van der Waals surface area (Å²) in [6.45, 7) is 4.79. The molecule has 0 aliphatic rings. The number of nitrogens with two attached hydrogens (primary N) is 1. The third-order valence-electron chi connectivity index (χ3n) is 4.62. The molecule has 2 N–H and O–H groups in total. The number of Topliss-reactive ketones (excluding diaryl/α,β-unsaturated/α-hetero) is 1. The molecule has 2 aromatic heterocycles. The Bertz CT molecular complexity index is 1270. The van der Waals surface area contributed by atoms with Crippen molar-refractivity contribution in [1.29, 1.82) is 0 Å². The monoisotopic (exact) mass is 447 g/mol. The highest BCUT2D eigenvalue weighted by Gasteiger charge is 2.22. The van der Waals surface area contributed by atoms with Gasteiger partial charge in [-0.25, -0.2) is 18.4 Å². The second-order valence-electron chi connectivity index (χ2n) is 6.83. The van der Waals surface area contributed by atoms with Crippen molar-refractivity contribution in [1.82, 2.24) is 9.72 Å². The maximum Gasteiger partial charge on any atom is 0.338 e. The van der Waals surface area contributed by atoms with Gasteiger partial charge in [0.2, 0.25) is 15.8 Å². The maximum absolute atomic E-state index is 12.7. The summed E-state index contributed by atoms with van der Waals surface area (Å²) in [6, 6.07) is 7.05. The summed E-state index contributed by atoms with van der Waals surface area (Å²) in [6.07, 6.45) is 0. The molecule has 3 rings (SSSR count). The van der Waals surface area contributed by atoms with Crippen molar-refractivity contribution < 1.29 is 32.0 Å². The highest BCUT2D eigenvalue weighted by atomic mass is 32.2. The van der Waals surface area contributed by atoms with E-state index in [1.54, 1.807) is 30.5 Å². The summed E-state index contributed by atoms with van der Waals surface area (Å²) in [7, 11) is -2.85. The standard InChI is InChI=1S/C20H21N3O7S/c1-11-7-15(13(3)23(11)19-8-12(2)30-22-19)16(24)10-29-20(25)14-5-6-17(28-4)18(9-14)31(21,26)27/h5-9H,10H2,1-4H3,(H2,21,26,27). The topological polar surface area (TPSA) is 144 Å². The van der Waals surface area contributed by atoms with Crippen LogP contribution in [0.15, 0.2) is 39.8 Å². The van der Waals surface area contributed by atoms with E-state index in [1.807, 2.05) is 6.92 Å². The van der Waals surface area contributed by atoms with Crippen LogP contribution in [0.4, 0.5) is 0 Å². The Hall–Kier alpha value is -3.44. The van der Waals surface area contributed by atoms with E-state index in [-0.39, 0.29) is 16.2 Å². The van der Waals surface area contributed by atoms with Crippen molar-refractivity contribution in [2.45, 2.75) is 25.7 Å². The Morgan fingerprint density at radius 2 is 1.87 bits per heavy atom. The first-order valence-corrected chi connectivity index (χ1v) is 10.6. The fourth-order valence-electron chi connectivity index (χ4n) is 3.17. The molecule has 11 heteroatoms. The molecule has 0 fully saturated rings. The number of primary sulfonamides is 1. The zero-order chi connectivity index (χ0) is 22.9. The van der Waals surface area contributed by atoms with Crippen LogP contribution >= 0.6 is 0 Å². The van der Waals surface area contributed by atoms with Crippen LogP contribution in [0, 0.1) is 20.8 Å². The van der Waals surface area contributed by atoms with E-state index in [0.717, 1.165) is 11.8 Å². The average molecular weight is 447 g/mol. The number of aryl methyl sites for hydroxylation is 2. The lowest BCUT2D eigenvalue weighted by Gasteiger charge is -2.09. The summed E-state index contributed by atoms with van der Waals surface area (Å²) >= 11 is 0. The molecule has 0 amide bonds. The normalized spacial score (nSPS) is 11.4. The number of carbonyl (C=O) groups is 2. The van der Waals surface area contributed by atoms with Crippen LogP contribution in [0.2, 0.25) is 0 Å². The molecule has 31 heavy (non-hydrogen) atoms. The quantitative estimate of drug-likeness (QED) is 0.428. The first-order chi connectivity index (χ1) is 14.5. The molecule has 164 valence electrons. The van der Waals surface area contributed by atoms with E-state index in [9.17, 15) is 18.0 Å². The van der Waals surface area contributed by atoms with Gasteiger partial charge in [0.25, 0.3) is 0 Å². The van der Waals surface area contributed by atoms with Gasteiger partial charge in [-0.15, -0.1) is 0 Å². The number of hydrogen-bond acceptors (Lipinski definition) is 8. The molecule has 10 nitrogen and oxygen atoms in total. The first-order valence-electron chi connectivity index (χ1n) is 9.06. The molecule has 0 aliphatic heterocycles. The van der Waals surface area contributed by atoms with Gasteiger partial charge in [-0.1, -0.05) is 5.16 Å². The fraction of sp³-hybridized carbons (Fsp3) is 0.250. The second kappa shape index (κ2) is 8.36. The lowest BCUT2D eigenvalue weighted by atomic mass is 10.1. The molecule has 0 radical (unpaired) electrons. The van der Waals surface area contributed by atoms with Crippen LogP contribution in [0.1, 0.15) is 37.9 Å². The molecule has 0 saturated heterocycles. The van der Waals surface area contributed by atoms with E-state index in [1.165, 1.54) is 19.2 Å². The predicted molar refractivity (Wildman–Crippen MR) is 109 cm³/mol. The van der Waals surface area contributed by atoms with Crippen LogP contribution in [0.3, 0.4) is 0 Å². The van der Waals surface area contributed by atoms with Gasteiger partial charge in [0.15, 0.2) is 12.4 Å². The van der Waals surface area contributed by atoms with E-state index in [2.05, 4.69) is 5.16 Å². The molecule has 2 heterocycles. The zero-order valence-electron chi connectivity index (χ0n) is 17.3. The van der Waals surface area contributed by atoms with E-state index < -0.39 is 28.4 Å². The van der Waals surface area contributed by atoms with Gasteiger partial charge in [0, 0.05) is 23.0 Å². The molecule has 0 bridgehead atoms. The lowest BCUT2D eigenvalue weighted by molar-refractivity contribution is 0.0474. The highest BCUT2D eigenvalue weighted by Crippen LogP contribution is 2.24. The van der Waals surface area contributed by atoms with E-state index >= 15 is 0 Å². The van der Waals surface area contributed by atoms with Crippen molar-refractivity contribution in [3.05, 3.63) is 58.6 Å². The molecule has 0 saturated carbocycles. The van der Waals surface area contributed by atoms with Crippen LogP contribution in [-0.2, 0) is 14.8 Å². The Labute approximate surface area is 178 Å². The smallest absolute Gasteiger partial charge is 0.338 e. The number of ketones is 1. The maximum atomic E-state index is 12.7. The largest absolute Gasteiger partial charge is 0.495 e. The van der Waals surface area contributed by atoms with Crippen molar-refractivity contribution in [3.8, 4) is 11.6 Å². The minimum absolute atomic E-state index is 0.00865. The van der Waals surface area contributed by atoms with Crippen molar-refractivity contribution in [3.63, 3.8) is 0 Å². The van der Waals surface area contributed by atoms with Gasteiger partial charge in [-0.05, 0) is 45.0 Å². The lowest BCUT2D eigenvalue weighted by Crippen LogP contribution is -2.17. The Kier molecular flexibility index (Phi) is 6.00. The van der Waals surface area contributed by atoms with Crippen LogP contribution in [-0.4, -0.2) is 43.6 Å². The van der Waals surface area contributed by atoms with Gasteiger partial charge >= 0.3 is 5.97 Å². The van der Waals surface area contributed by atoms with Gasteiger partial charge < -0.3 is 14.0 Å². The van der Waals surface area contributed by atoms with Crippen LogP contribution < -0.4 is 9.88 Å². The van der Waals surface area contributed by atoms with Gasteiger partial charge in [0.1, 0.15) is 16.4 Å². The molecule has 0 atom stereocenters. The van der Waals surface area contributed by atoms with Crippen molar-refractivity contribution >= 4 is 21.8 Å². The number of sulfonamides is 1. The number of rotatable bonds is 7. The van der Waals surface area contributed by atoms with E-state index in [4.69, 9.17) is 19.1 Å². The molecular formula is C20H21N3O7S. The number of esters is 1. The Balaban J connectivity index is 1.78. The number of nitrogens with zero attached hydrogens (tertiary/aromatic N) is 2. The van der Waals surface area contributed by atoms with Gasteiger partial charge in [-0.3, -0.25) is 9.36 Å². The first kappa shape index (κ1) is 22.2. The Morgan fingerprint density at radius 3 is 2.45 bits per heavy atom. The summed E-state index contributed by atoms with van der Waals surface area (Å²) < 4.78 is 40.3. The molecular weight excluding hydrogens is 426 g/mol. The van der Waals surface area contributed by atoms with Gasteiger partial charge in [-0.2, -0.15) is 0 Å². The molecule has 0 spiro atoms. The van der Waals surface area contributed by atoms with Crippen molar-refractivity contribution in [2.75, 3.05) is 13.7 Å². The van der Waals surface area contributed by atoms with Gasteiger partial charge in [0.05, 0.1) is 12.7 Å². The molecule has 0 aliphatic carbocycles. The summed E-state index contributed by atoms with van der Waals surface area (Å²) in [4.78, 5) is 24.7. The minimum Gasteiger partial charge on any atom is -0.495 e. The summed E-state index contributed by atoms with van der Waals surface area (Å²) in [5, 5.41) is 9.11. The minimum atomic E-state index is -4.12. The summed E-state index contributed by atoms with van der Waals surface area (Å²) in [5.74, 6) is -0.138. The molecule has 3 aromatic rings. The molecule has 0 unspecified atom stereocenters. The Morgan fingerprint density at radius 1 is 1.16 bits per heavy atom. The number of carbonyl (C=O) groups excluding carboxylic acids is 2. The second-order valence-corrected chi connectivity index (χ2v) is 8.36. The van der Waals surface area contributed by atoms with E-state index in [0.29, 0.717) is 22.8 Å². The number of methoxy groups -OCH3 is 1. The third-order valence-corrected chi connectivity index (χ3v) is 5.55. The number of aromatic nitrogens is 2. The molecule has 1 aromatic carbocycles. The van der Waals surface area contributed by atoms with Crippen LogP contribution in [0.5, 0.6) is 5.75 Å².